The molecule has 1 atom stereocenters. The predicted octanol–water partition coefficient (Wildman–Crippen LogP) is 0.619. The van der Waals surface area contributed by atoms with Crippen LogP contribution in [0.15, 0.2) is 4.99 Å². The summed E-state index contributed by atoms with van der Waals surface area (Å²) < 4.78 is 0. The van der Waals surface area contributed by atoms with Gasteiger partial charge in [-0.15, -0.1) is 0 Å². The van der Waals surface area contributed by atoms with Crippen LogP contribution in [0, 0.1) is 0 Å². The Bertz CT molecular complexity index is 88.3. The summed E-state index contributed by atoms with van der Waals surface area (Å²) in [4.78, 5) is 4.12. The van der Waals surface area contributed by atoms with E-state index in [-0.39, 0.29) is 0 Å². The highest BCUT2D eigenvalue weighted by Crippen LogP contribution is 1.92. The molecule has 0 spiro atoms. The molecule has 0 aliphatic carbocycles. The Labute approximate surface area is 56.5 Å². The van der Waals surface area contributed by atoms with Gasteiger partial charge in [-0.1, -0.05) is 6.92 Å². The van der Waals surface area contributed by atoms with Crippen LogP contribution in [0.5, 0.6) is 0 Å². The van der Waals surface area contributed by atoms with Crippen LogP contribution in [0.1, 0.15) is 20.3 Å². The molecule has 0 unspecified atom stereocenters. The van der Waals surface area contributed by atoms with Crippen LogP contribution in [0.3, 0.4) is 0 Å². The van der Waals surface area contributed by atoms with E-state index in [1.807, 2.05) is 0 Å². The molecule has 0 saturated carbocycles. The lowest BCUT2D eigenvalue weighted by molar-refractivity contribution is 0.546. The third-order valence-corrected chi connectivity index (χ3v) is 1.09. The highest BCUT2D eigenvalue weighted by Gasteiger charge is 1.89. The van der Waals surface area contributed by atoms with Gasteiger partial charge in [0.25, 0.3) is 0 Å². The molecular formula is C6H15N3. The molecule has 54 valence electrons. The third-order valence-electron chi connectivity index (χ3n) is 1.09. The Balaban J connectivity index is 3.43. The molecule has 0 fully saturated rings. The molecule has 0 aromatic carbocycles. The van der Waals surface area contributed by atoms with E-state index in [2.05, 4.69) is 18.8 Å². The Kier molecular flexibility index (Phi) is 4.05. The molecule has 0 aliphatic heterocycles. The zero-order valence-corrected chi connectivity index (χ0v) is 6.33. The minimum absolute atomic E-state index is 0.385. The number of rotatable bonds is 3. The number of nitrogens with two attached hydrogens (primary N) is 1. The number of aliphatic imine (C=N–C) groups is 1. The molecular weight excluding hydrogens is 114 g/mol. The molecule has 0 aromatic rings. The molecule has 0 heterocycles. The second-order valence-electron chi connectivity index (χ2n) is 2.19. The summed E-state index contributed by atoms with van der Waals surface area (Å²) in [5, 5.41) is 1.45. The maximum Gasteiger partial charge on any atom is 0.0990 e. The molecule has 0 radical (unpaired) electrons. The lowest BCUT2D eigenvalue weighted by Crippen LogP contribution is -2.24. The van der Waals surface area contributed by atoms with Crippen molar-refractivity contribution >= 4 is 6.34 Å². The summed E-state index contributed by atoms with van der Waals surface area (Å²) >= 11 is 0. The lowest BCUT2D eigenvalue weighted by Gasteiger charge is -2.04. The zero-order chi connectivity index (χ0) is 7.28. The summed E-state index contributed by atoms with van der Waals surface area (Å²) in [6, 6.07) is 0.385. The summed E-state index contributed by atoms with van der Waals surface area (Å²) in [6.07, 6.45) is 2.69. The minimum Gasteiger partial charge on any atom is -0.304 e. The van der Waals surface area contributed by atoms with Gasteiger partial charge >= 0.3 is 0 Å². The van der Waals surface area contributed by atoms with Gasteiger partial charge in [0.05, 0.1) is 6.34 Å². The van der Waals surface area contributed by atoms with Gasteiger partial charge in [-0.2, -0.15) is 0 Å². The van der Waals surface area contributed by atoms with Crippen molar-refractivity contribution < 1.29 is 0 Å². The van der Waals surface area contributed by atoms with Crippen LogP contribution in [-0.2, 0) is 0 Å². The fourth-order valence-electron chi connectivity index (χ4n) is 0.324. The third kappa shape index (κ3) is 5.30. The molecule has 0 saturated heterocycles. The monoisotopic (exact) mass is 129 g/mol. The van der Waals surface area contributed by atoms with E-state index in [1.165, 1.54) is 5.01 Å². The number of hydrogen-bond donors (Lipinski definition) is 1. The van der Waals surface area contributed by atoms with E-state index in [0.29, 0.717) is 6.04 Å². The summed E-state index contributed by atoms with van der Waals surface area (Å²) in [6.45, 7) is 4.15. The van der Waals surface area contributed by atoms with Crippen LogP contribution >= 0.6 is 0 Å². The van der Waals surface area contributed by atoms with Crippen molar-refractivity contribution in [2.75, 3.05) is 7.05 Å². The van der Waals surface area contributed by atoms with E-state index >= 15 is 0 Å². The summed E-state index contributed by atoms with van der Waals surface area (Å²) in [7, 11) is 1.76. The fourth-order valence-corrected chi connectivity index (χ4v) is 0.324. The maximum absolute atomic E-state index is 5.28. The first kappa shape index (κ1) is 8.43. The van der Waals surface area contributed by atoms with Crippen LogP contribution in [0.2, 0.25) is 0 Å². The molecule has 3 heteroatoms. The predicted molar refractivity (Wildman–Crippen MR) is 40.2 cm³/mol. The number of nitrogens with zero attached hydrogens (tertiary/aromatic N) is 2. The van der Waals surface area contributed by atoms with Gasteiger partial charge in [0.2, 0.25) is 0 Å². The molecule has 0 amide bonds. The maximum atomic E-state index is 5.28. The molecule has 9 heavy (non-hydrogen) atoms. The molecule has 0 aliphatic rings. The van der Waals surface area contributed by atoms with Crippen molar-refractivity contribution in [3.63, 3.8) is 0 Å². The molecule has 2 N–H and O–H groups in total. The van der Waals surface area contributed by atoms with Crippen molar-refractivity contribution in [1.29, 1.82) is 0 Å². The van der Waals surface area contributed by atoms with Gasteiger partial charge in [0, 0.05) is 13.1 Å². The Hall–Kier alpha value is -0.570. The molecule has 0 rings (SSSR count). The number of hydrogen-bond acceptors (Lipinski definition) is 2. The quantitative estimate of drug-likeness (QED) is 0.263. The van der Waals surface area contributed by atoms with Gasteiger partial charge in [0.1, 0.15) is 0 Å². The Morgan fingerprint density at radius 1 is 1.78 bits per heavy atom. The first-order valence-electron chi connectivity index (χ1n) is 3.17. The van der Waals surface area contributed by atoms with Crippen molar-refractivity contribution in [1.82, 2.24) is 5.01 Å². The van der Waals surface area contributed by atoms with E-state index in [0.717, 1.165) is 6.42 Å². The van der Waals surface area contributed by atoms with Gasteiger partial charge in [-0.3, -0.25) is 4.99 Å². The molecule has 0 aromatic heterocycles. The van der Waals surface area contributed by atoms with E-state index in [9.17, 15) is 0 Å². The summed E-state index contributed by atoms with van der Waals surface area (Å²) in [5.41, 5.74) is 0. The smallest absolute Gasteiger partial charge is 0.0990 e. The van der Waals surface area contributed by atoms with Crippen molar-refractivity contribution in [2.24, 2.45) is 10.8 Å². The lowest BCUT2D eigenvalue weighted by atomic mass is 10.3. The second-order valence-corrected chi connectivity index (χ2v) is 2.19. The van der Waals surface area contributed by atoms with Crippen LogP contribution < -0.4 is 5.84 Å². The Morgan fingerprint density at radius 3 is 2.67 bits per heavy atom. The van der Waals surface area contributed by atoms with E-state index in [1.54, 1.807) is 13.4 Å². The van der Waals surface area contributed by atoms with Crippen LogP contribution in [0.25, 0.3) is 0 Å². The second kappa shape index (κ2) is 4.32. The zero-order valence-electron chi connectivity index (χ0n) is 6.33. The minimum atomic E-state index is 0.385. The molecule has 0 bridgehead atoms. The first-order chi connectivity index (χ1) is 4.16. The van der Waals surface area contributed by atoms with Gasteiger partial charge < -0.3 is 5.01 Å². The first-order valence-corrected chi connectivity index (χ1v) is 3.17. The molecule has 3 nitrogen and oxygen atoms in total. The highest BCUT2D eigenvalue weighted by molar-refractivity contribution is 5.53. The average Bonchev–Trinajstić information content (AvgIpc) is 1.83. The van der Waals surface area contributed by atoms with Gasteiger partial charge in [-0.05, 0) is 13.3 Å². The standard InChI is InChI=1S/C6H15N3/c1-4-6(2)8-5-9(3)7/h5-6H,4,7H2,1-3H3/b8-5-/t6-/m0/s1. The normalized spacial score (nSPS) is 14.2. The Morgan fingerprint density at radius 2 is 2.33 bits per heavy atom. The summed E-state index contributed by atoms with van der Waals surface area (Å²) in [5.74, 6) is 5.28. The SMILES string of the molecule is CC[C@H](C)/N=C\N(C)N. The topological polar surface area (TPSA) is 41.6 Å². The van der Waals surface area contributed by atoms with E-state index in [4.69, 9.17) is 5.84 Å². The van der Waals surface area contributed by atoms with Crippen molar-refractivity contribution in [2.45, 2.75) is 26.3 Å². The fraction of sp³-hybridized carbons (Fsp3) is 0.833. The average molecular weight is 129 g/mol. The van der Waals surface area contributed by atoms with Crippen molar-refractivity contribution in [3.05, 3.63) is 0 Å². The number of hydrazine groups is 1. The van der Waals surface area contributed by atoms with Gasteiger partial charge in [-0.25, -0.2) is 5.84 Å². The largest absolute Gasteiger partial charge is 0.304 e. The highest BCUT2D eigenvalue weighted by atomic mass is 15.4. The van der Waals surface area contributed by atoms with Crippen LogP contribution in [-0.4, -0.2) is 24.4 Å². The van der Waals surface area contributed by atoms with E-state index < -0.39 is 0 Å². The van der Waals surface area contributed by atoms with Gasteiger partial charge in [0.15, 0.2) is 0 Å². The van der Waals surface area contributed by atoms with Crippen LogP contribution in [0.4, 0.5) is 0 Å². The van der Waals surface area contributed by atoms with Crippen molar-refractivity contribution in [3.8, 4) is 0 Å².